The Kier molecular flexibility index (Phi) is 4.87. The summed E-state index contributed by atoms with van der Waals surface area (Å²) in [5.74, 6) is 0.659. The largest absolute Gasteiger partial charge is 0.490 e. The van der Waals surface area contributed by atoms with Gasteiger partial charge in [0.25, 0.3) is 5.91 Å². The molecule has 4 rings (SSSR count). The average molecular weight is 364 g/mol. The van der Waals surface area contributed by atoms with Gasteiger partial charge in [-0.25, -0.2) is 4.79 Å². The second kappa shape index (κ2) is 7.61. The maximum atomic E-state index is 12.2. The Morgan fingerprint density at radius 3 is 2.74 bits per heavy atom. The minimum absolute atomic E-state index is 0.0981. The van der Waals surface area contributed by atoms with E-state index in [1.54, 1.807) is 6.20 Å². The van der Waals surface area contributed by atoms with E-state index in [0.717, 1.165) is 42.2 Å². The van der Waals surface area contributed by atoms with Gasteiger partial charge in [0, 0.05) is 35.3 Å². The van der Waals surface area contributed by atoms with Gasteiger partial charge in [-0.05, 0) is 43.9 Å². The summed E-state index contributed by atoms with van der Waals surface area (Å²) in [6, 6.07) is 10.8. The number of hydrogen-bond donors (Lipinski definition) is 1. The van der Waals surface area contributed by atoms with Gasteiger partial charge in [0.2, 0.25) is 0 Å². The first-order valence-corrected chi connectivity index (χ1v) is 9.08. The van der Waals surface area contributed by atoms with Crippen LogP contribution in [0.2, 0.25) is 0 Å². The molecule has 0 bridgehead atoms. The van der Waals surface area contributed by atoms with Crippen molar-refractivity contribution in [1.29, 1.82) is 0 Å². The van der Waals surface area contributed by atoms with Gasteiger partial charge in [0.05, 0.1) is 11.7 Å². The summed E-state index contributed by atoms with van der Waals surface area (Å²) >= 11 is 0. The van der Waals surface area contributed by atoms with Crippen molar-refractivity contribution < 1.29 is 13.9 Å². The van der Waals surface area contributed by atoms with Crippen molar-refractivity contribution in [3.63, 3.8) is 0 Å². The Bertz CT molecular complexity index is 980. The number of nitrogens with one attached hydrogen (secondary N) is 1. The molecule has 3 aromatic rings. The van der Waals surface area contributed by atoms with Crippen LogP contribution in [0.5, 0.6) is 5.75 Å². The minimum atomic E-state index is -0.464. The van der Waals surface area contributed by atoms with Gasteiger partial charge in [0.15, 0.2) is 0 Å². The summed E-state index contributed by atoms with van der Waals surface area (Å²) in [5, 5.41) is 5.13. The van der Waals surface area contributed by atoms with Crippen LogP contribution in [0, 0.1) is 0 Å². The first kappa shape index (κ1) is 17.3. The normalized spacial score (nSPS) is 19.6. The molecule has 0 spiro atoms. The van der Waals surface area contributed by atoms with E-state index in [1.807, 2.05) is 30.5 Å². The SMILES string of the molecule is O=C(NC1CCC(Oc2cccc3cnccc23)CC1)c1ccc(=O)oc1. The summed E-state index contributed by atoms with van der Waals surface area (Å²) in [4.78, 5) is 27.4. The number of carbonyl (C=O) groups is 1. The third kappa shape index (κ3) is 4.00. The van der Waals surface area contributed by atoms with Crippen LogP contribution < -0.4 is 15.7 Å². The Morgan fingerprint density at radius 1 is 1.11 bits per heavy atom. The fraction of sp³-hybridized carbons (Fsp3) is 0.286. The molecule has 1 N–H and O–H groups in total. The quantitative estimate of drug-likeness (QED) is 0.768. The standard InChI is InChI=1S/C21H20N2O4/c24-20-9-4-15(13-26-20)21(25)23-16-5-7-17(8-6-16)27-19-3-1-2-14-12-22-11-10-18(14)19/h1-4,9-13,16-17H,5-8H2,(H,23,25). The third-order valence-electron chi connectivity index (χ3n) is 4.91. The summed E-state index contributed by atoms with van der Waals surface area (Å²) in [6.45, 7) is 0. The summed E-state index contributed by atoms with van der Waals surface area (Å²) in [6.07, 6.45) is 8.37. The van der Waals surface area contributed by atoms with Crippen LogP contribution in [-0.4, -0.2) is 23.0 Å². The number of benzene rings is 1. The fourth-order valence-electron chi connectivity index (χ4n) is 3.46. The van der Waals surface area contributed by atoms with E-state index in [9.17, 15) is 9.59 Å². The zero-order valence-corrected chi connectivity index (χ0v) is 14.8. The van der Waals surface area contributed by atoms with Crippen molar-refractivity contribution in [3.05, 3.63) is 71.0 Å². The van der Waals surface area contributed by atoms with Crippen molar-refractivity contribution >= 4 is 16.7 Å². The smallest absolute Gasteiger partial charge is 0.335 e. The Hall–Kier alpha value is -3.15. The number of amides is 1. The molecule has 1 aliphatic rings. The molecule has 2 heterocycles. The molecule has 1 fully saturated rings. The number of carbonyl (C=O) groups excluding carboxylic acids is 1. The molecule has 2 aromatic heterocycles. The van der Waals surface area contributed by atoms with Crippen molar-refractivity contribution in [2.24, 2.45) is 0 Å². The Morgan fingerprint density at radius 2 is 1.96 bits per heavy atom. The maximum Gasteiger partial charge on any atom is 0.335 e. The van der Waals surface area contributed by atoms with Gasteiger partial charge in [0.1, 0.15) is 12.0 Å². The predicted octanol–water partition coefficient (Wildman–Crippen LogP) is 3.31. The van der Waals surface area contributed by atoms with Gasteiger partial charge in [-0.3, -0.25) is 9.78 Å². The van der Waals surface area contributed by atoms with Crippen LogP contribution >= 0.6 is 0 Å². The molecule has 1 amide bonds. The molecule has 27 heavy (non-hydrogen) atoms. The highest BCUT2D eigenvalue weighted by Crippen LogP contribution is 2.29. The van der Waals surface area contributed by atoms with Crippen LogP contribution in [0.3, 0.4) is 0 Å². The lowest BCUT2D eigenvalue weighted by Crippen LogP contribution is -2.39. The van der Waals surface area contributed by atoms with Crippen molar-refractivity contribution in [2.45, 2.75) is 37.8 Å². The van der Waals surface area contributed by atoms with Crippen LogP contribution in [0.25, 0.3) is 10.8 Å². The molecule has 1 saturated carbocycles. The number of aromatic nitrogens is 1. The number of hydrogen-bond acceptors (Lipinski definition) is 5. The van der Waals surface area contributed by atoms with Crippen LogP contribution in [-0.2, 0) is 0 Å². The summed E-state index contributed by atoms with van der Waals surface area (Å²) in [7, 11) is 0. The van der Waals surface area contributed by atoms with E-state index in [1.165, 1.54) is 18.4 Å². The van der Waals surface area contributed by atoms with Gasteiger partial charge in [-0.15, -0.1) is 0 Å². The van der Waals surface area contributed by atoms with Crippen molar-refractivity contribution in [2.75, 3.05) is 0 Å². The van der Waals surface area contributed by atoms with E-state index in [4.69, 9.17) is 9.15 Å². The first-order chi connectivity index (χ1) is 13.2. The van der Waals surface area contributed by atoms with Crippen molar-refractivity contribution in [3.8, 4) is 5.75 Å². The lowest BCUT2D eigenvalue weighted by molar-refractivity contribution is 0.0892. The first-order valence-electron chi connectivity index (χ1n) is 9.08. The topological polar surface area (TPSA) is 81.4 Å². The molecule has 0 unspecified atom stereocenters. The van der Waals surface area contributed by atoms with E-state index in [0.29, 0.717) is 5.56 Å². The molecule has 0 aliphatic heterocycles. The molecule has 0 saturated heterocycles. The average Bonchev–Trinajstić information content (AvgIpc) is 2.70. The zero-order valence-electron chi connectivity index (χ0n) is 14.8. The van der Waals surface area contributed by atoms with Gasteiger partial charge in [-0.1, -0.05) is 12.1 Å². The number of rotatable bonds is 4. The monoisotopic (exact) mass is 364 g/mol. The fourth-order valence-corrected chi connectivity index (χ4v) is 3.46. The van der Waals surface area contributed by atoms with Gasteiger partial charge in [-0.2, -0.15) is 0 Å². The lowest BCUT2D eigenvalue weighted by atomic mass is 9.92. The maximum absolute atomic E-state index is 12.2. The number of ether oxygens (including phenoxy) is 1. The zero-order chi connectivity index (χ0) is 18.6. The molecule has 1 aliphatic carbocycles. The van der Waals surface area contributed by atoms with Gasteiger partial charge >= 0.3 is 5.63 Å². The summed E-state index contributed by atoms with van der Waals surface area (Å²) < 4.78 is 11.0. The van der Waals surface area contributed by atoms with E-state index in [-0.39, 0.29) is 18.1 Å². The molecular weight excluding hydrogens is 344 g/mol. The van der Waals surface area contributed by atoms with Crippen molar-refractivity contribution in [1.82, 2.24) is 10.3 Å². The molecule has 0 atom stereocenters. The lowest BCUT2D eigenvalue weighted by Gasteiger charge is -2.29. The molecule has 6 heteroatoms. The molecule has 1 aromatic carbocycles. The predicted molar refractivity (Wildman–Crippen MR) is 101 cm³/mol. The van der Waals surface area contributed by atoms with E-state index >= 15 is 0 Å². The molecule has 6 nitrogen and oxygen atoms in total. The van der Waals surface area contributed by atoms with E-state index < -0.39 is 5.63 Å². The van der Waals surface area contributed by atoms with E-state index in [2.05, 4.69) is 10.3 Å². The molecule has 138 valence electrons. The van der Waals surface area contributed by atoms with Crippen LogP contribution in [0.4, 0.5) is 0 Å². The Balaban J connectivity index is 1.34. The number of pyridine rings is 1. The highest BCUT2D eigenvalue weighted by molar-refractivity contribution is 5.93. The highest BCUT2D eigenvalue weighted by Gasteiger charge is 2.24. The Labute approximate surface area is 156 Å². The van der Waals surface area contributed by atoms with Crippen LogP contribution in [0.15, 0.2) is 64.3 Å². The number of fused-ring (bicyclic) bond motifs is 1. The second-order valence-corrected chi connectivity index (χ2v) is 6.76. The molecular formula is C21H20N2O4. The van der Waals surface area contributed by atoms with Gasteiger partial charge < -0.3 is 14.5 Å². The highest BCUT2D eigenvalue weighted by atomic mass is 16.5. The van der Waals surface area contributed by atoms with Crippen LogP contribution in [0.1, 0.15) is 36.0 Å². The summed E-state index contributed by atoms with van der Waals surface area (Å²) in [5.41, 5.74) is -0.106. The third-order valence-corrected chi connectivity index (χ3v) is 4.91. The second-order valence-electron chi connectivity index (χ2n) is 6.76. The number of nitrogens with zero attached hydrogens (tertiary/aromatic N) is 1. The minimum Gasteiger partial charge on any atom is -0.490 e. The molecule has 0 radical (unpaired) electrons.